The number of nitrogens with zero attached hydrogens (tertiary/aromatic N) is 2. The molecule has 2 aromatic heterocycles. The zero-order chi connectivity index (χ0) is 9.80. The van der Waals surface area contributed by atoms with Crippen molar-refractivity contribution in [1.82, 2.24) is 9.97 Å². The third-order valence-corrected chi connectivity index (χ3v) is 1.86. The summed E-state index contributed by atoms with van der Waals surface area (Å²) < 4.78 is 0. The van der Waals surface area contributed by atoms with Crippen molar-refractivity contribution in [1.29, 1.82) is 0 Å². The minimum atomic E-state index is 0.424. The SMILES string of the molecule is O=Cc1cc(-c2ccccn2)ccn1. The highest BCUT2D eigenvalue weighted by atomic mass is 16.1. The molecule has 0 amide bonds. The Morgan fingerprint density at radius 1 is 1.07 bits per heavy atom. The third-order valence-electron chi connectivity index (χ3n) is 1.86. The van der Waals surface area contributed by atoms with Gasteiger partial charge in [-0.15, -0.1) is 0 Å². The van der Waals surface area contributed by atoms with Crippen LogP contribution in [0.2, 0.25) is 0 Å². The minimum absolute atomic E-state index is 0.424. The molecule has 0 atom stereocenters. The van der Waals surface area contributed by atoms with Gasteiger partial charge in [-0.05, 0) is 24.3 Å². The summed E-state index contributed by atoms with van der Waals surface area (Å²) in [5.41, 5.74) is 2.17. The summed E-state index contributed by atoms with van der Waals surface area (Å²) in [7, 11) is 0. The predicted molar refractivity (Wildman–Crippen MR) is 52.9 cm³/mol. The summed E-state index contributed by atoms with van der Waals surface area (Å²) in [6.45, 7) is 0. The largest absolute Gasteiger partial charge is 0.296 e. The van der Waals surface area contributed by atoms with Gasteiger partial charge < -0.3 is 0 Å². The molecule has 0 spiro atoms. The number of aldehydes is 1. The maximum Gasteiger partial charge on any atom is 0.168 e. The molecule has 0 bridgehead atoms. The first-order valence-electron chi connectivity index (χ1n) is 4.23. The van der Waals surface area contributed by atoms with Crippen molar-refractivity contribution < 1.29 is 4.79 Å². The monoisotopic (exact) mass is 184 g/mol. The number of carbonyl (C=O) groups excluding carboxylic acids is 1. The van der Waals surface area contributed by atoms with Crippen LogP contribution in [0, 0.1) is 0 Å². The van der Waals surface area contributed by atoms with Crippen molar-refractivity contribution in [3.05, 3.63) is 48.4 Å². The Labute approximate surface area is 81.5 Å². The molecule has 0 saturated heterocycles. The molecular weight excluding hydrogens is 176 g/mol. The number of hydrogen-bond acceptors (Lipinski definition) is 3. The predicted octanol–water partition coefficient (Wildman–Crippen LogP) is 1.96. The zero-order valence-corrected chi connectivity index (χ0v) is 7.42. The summed E-state index contributed by atoms with van der Waals surface area (Å²) in [6, 6.07) is 9.20. The van der Waals surface area contributed by atoms with Crippen LogP contribution >= 0.6 is 0 Å². The van der Waals surface area contributed by atoms with E-state index in [0.29, 0.717) is 5.69 Å². The second kappa shape index (κ2) is 3.79. The Kier molecular flexibility index (Phi) is 2.32. The van der Waals surface area contributed by atoms with Gasteiger partial charge in [-0.3, -0.25) is 14.8 Å². The molecule has 0 fully saturated rings. The van der Waals surface area contributed by atoms with E-state index in [2.05, 4.69) is 9.97 Å². The fourth-order valence-electron chi connectivity index (χ4n) is 1.21. The average molecular weight is 184 g/mol. The van der Waals surface area contributed by atoms with Gasteiger partial charge in [0.15, 0.2) is 6.29 Å². The average Bonchev–Trinajstić information content (AvgIpc) is 2.30. The number of carbonyl (C=O) groups is 1. The normalized spacial score (nSPS) is 9.71. The van der Waals surface area contributed by atoms with Crippen LogP contribution in [-0.2, 0) is 0 Å². The molecule has 0 radical (unpaired) electrons. The van der Waals surface area contributed by atoms with E-state index in [0.717, 1.165) is 17.5 Å². The molecule has 2 heterocycles. The lowest BCUT2D eigenvalue weighted by molar-refractivity contribution is 0.111. The van der Waals surface area contributed by atoms with Crippen LogP contribution in [0.25, 0.3) is 11.3 Å². The molecule has 0 unspecified atom stereocenters. The van der Waals surface area contributed by atoms with Gasteiger partial charge in [0.2, 0.25) is 0 Å². The van der Waals surface area contributed by atoms with Gasteiger partial charge in [0.25, 0.3) is 0 Å². The van der Waals surface area contributed by atoms with Crippen LogP contribution < -0.4 is 0 Å². The Morgan fingerprint density at radius 2 is 2.00 bits per heavy atom. The lowest BCUT2D eigenvalue weighted by atomic mass is 10.1. The third kappa shape index (κ3) is 1.66. The highest BCUT2D eigenvalue weighted by molar-refractivity contribution is 5.75. The molecular formula is C11H8N2O. The Bertz CT molecular complexity index is 440. The highest BCUT2D eigenvalue weighted by Gasteiger charge is 1.99. The number of pyridine rings is 2. The number of aromatic nitrogens is 2. The standard InChI is InChI=1S/C11H8N2O/c14-8-10-7-9(4-6-12-10)11-3-1-2-5-13-11/h1-8H. The summed E-state index contributed by atoms with van der Waals surface area (Å²) >= 11 is 0. The first kappa shape index (κ1) is 8.56. The van der Waals surface area contributed by atoms with Crippen molar-refractivity contribution in [2.45, 2.75) is 0 Å². The fourth-order valence-corrected chi connectivity index (χ4v) is 1.21. The highest BCUT2D eigenvalue weighted by Crippen LogP contribution is 2.15. The lowest BCUT2D eigenvalue weighted by Crippen LogP contribution is -1.88. The van der Waals surface area contributed by atoms with Crippen molar-refractivity contribution >= 4 is 6.29 Å². The molecule has 0 aliphatic rings. The van der Waals surface area contributed by atoms with Gasteiger partial charge in [-0.1, -0.05) is 6.07 Å². The van der Waals surface area contributed by atoms with Crippen molar-refractivity contribution in [3.8, 4) is 11.3 Å². The summed E-state index contributed by atoms with van der Waals surface area (Å²) in [5, 5.41) is 0. The second-order valence-corrected chi connectivity index (χ2v) is 2.80. The Morgan fingerprint density at radius 3 is 2.71 bits per heavy atom. The molecule has 0 saturated carbocycles. The topological polar surface area (TPSA) is 42.9 Å². The Balaban J connectivity index is 2.47. The molecule has 0 aliphatic heterocycles. The van der Waals surface area contributed by atoms with E-state index in [1.165, 1.54) is 0 Å². The molecule has 0 aromatic carbocycles. The van der Waals surface area contributed by atoms with Crippen LogP contribution in [0.4, 0.5) is 0 Å². The first-order chi connectivity index (χ1) is 6.90. The van der Waals surface area contributed by atoms with Crippen LogP contribution in [0.1, 0.15) is 10.5 Å². The molecule has 14 heavy (non-hydrogen) atoms. The van der Waals surface area contributed by atoms with E-state index in [1.807, 2.05) is 24.3 Å². The lowest BCUT2D eigenvalue weighted by Gasteiger charge is -1.99. The molecule has 2 rings (SSSR count). The summed E-state index contributed by atoms with van der Waals surface area (Å²) in [4.78, 5) is 18.6. The molecule has 2 aromatic rings. The minimum Gasteiger partial charge on any atom is -0.296 e. The van der Waals surface area contributed by atoms with E-state index in [1.54, 1.807) is 18.5 Å². The van der Waals surface area contributed by atoms with Gasteiger partial charge in [0.05, 0.1) is 5.69 Å². The smallest absolute Gasteiger partial charge is 0.168 e. The van der Waals surface area contributed by atoms with Gasteiger partial charge in [0.1, 0.15) is 5.69 Å². The second-order valence-electron chi connectivity index (χ2n) is 2.80. The maximum atomic E-state index is 10.5. The molecule has 68 valence electrons. The zero-order valence-electron chi connectivity index (χ0n) is 7.42. The van der Waals surface area contributed by atoms with Crippen LogP contribution in [0.5, 0.6) is 0 Å². The summed E-state index contributed by atoms with van der Waals surface area (Å²) in [5.74, 6) is 0. The van der Waals surface area contributed by atoms with E-state index in [-0.39, 0.29) is 0 Å². The van der Waals surface area contributed by atoms with E-state index >= 15 is 0 Å². The van der Waals surface area contributed by atoms with Gasteiger partial charge in [-0.2, -0.15) is 0 Å². The fraction of sp³-hybridized carbons (Fsp3) is 0. The molecule has 3 heteroatoms. The number of rotatable bonds is 2. The Hall–Kier alpha value is -2.03. The summed E-state index contributed by atoms with van der Waals surface area (Å²) in [6.07, 6.45) is 4.05. The molecule has 3 nitrogen and oxygen atoms in total. The van der Waals surface area contributed by atoms with Gasteiger partial charge in [0, 0.05) is 18.0 Å². The molecule has 0 N–H and O–H groups in total. The van der Waals surface area contributed by atoms with E-state index in [9.17, 15) is 4.79 Å². The van der Waals surface area contributed by atoms with Gasteiger partial charge in [-0.25, -0.2) is 0 Å². The van der Waals surface area contributed by atoms with E-state index in [4.69, 9.17) is 0 Å². The van der Waals surface area contributed by atoms with Gasteiger partial charge >= 0.3 is 0 Å². The van der Waals surface area contributed by atoms with Crippen molar-refractivity contribution in [3.63, 3.8) is 0 Å². The number of hydrogen-bond donors (Lipinski definition) is 0. The van der Waals surface area contributed by atoms with Crippen molar-refractivity contribution in [2.75, 3.05) is 0 Å². The van der Waals surface area contributed by atoms with Crippen LogP contribution in [-0.4, -0.2) is 16.3 Å². The van der Waals surface area contributed by atoms with Crippen LogP contribution in [0.3, 0.4) is 0 Å². The van der Waals surface area contributed by atoms with Crippen LogP contribution in [0.15, 0.2) is 42.7 Å². The van der Waals surface area contributed by atoms with Crippen molar-refractivity contribution in [2.24, 2.45) is 0 Å². The molecule has 0 aliphatic carbocycles. The first-order valence-corrected chi connectivity index (χ1v) is 4.23. The maximum absolute atomic E-state index is 10.5. The quantitative estimate of drug-likeness (QED) is 0.670. The van der Waals surface area contributed by atoms with E-state index < -0.39 is 0 Å².